The number of anilines is 9. The van der Waals surface area contributed by atoms with Crippen molar-refractivity contribution in [2.75, 3.05) is 14.7 Å². The normalized spacial score (nSPS) is 13.7. The number of furan rings is 4. The van der Waals surface area contributed by atoms with Crippen molar-refractivity contribution in [3.05, 3.63) is 318 Å². The largest absolute Gasteiger partial charge is 0.456 e. The van der Waals surface area contributed by atoms with E-state index in [1.165, 1.54) is 21.9 Å². The SMILES string of the molecule is CC(C)(C)c1ccc(N(c2ccc3c(c2)oc2cc4ccccc4cc23)c2cc3c(c4oc5ccccc5c24)-c2c(cc(N(c4ccc(C(C)(C)C)cc4)c4ccc5c(c4)oc4cc6ccccc6cc45)c4c2oc2ccccc24)C32c3ccccc3N3c4ccccc4Oc4cccc2c43)cc1. The summed E-state index contributed by atoms with van der Waals surface area (Å²) >= 11 is 0. The van der Waals surface area contributed by atoms with Crippen molar-refractivity contribution in [1.82, 2.24) is 0 Å². The minimum absolute atomic E-state index is 0.108. The second-order valence-corrected chi connectivity index (χ2v) is 30.3. The van der Waals surface area contributed by atoms with E-state index in [9.17, 15) is 0 Å². The second-order valence-electron chi connectivity index (χ2n) is 30.3. The molecule has 15 aromatic carbocycles. The summed E-state index contributed by atoms with van der Waals surface area (Å²) in [4.78, 5) is 7.33. The molecule has 490 valence electrons. The molecule has 4 aromatic heterocycles. The maximum Gasteiger partial charge on any atom is 0.151 e. The first-order valence-corrected chi connectivity index (χ1v) is 35.6. The Bertz CT molecular complexity index is 6550. The summed E-state index contributed by atoms with van der Waals surface area (Å²) in [5.41, 5.74) is 22.2. The molecule has 3 aliphatic rings. The van der Waals surface area contributed by atoms with Crippen molar-refractivity contribution >= 4 is 160 Å². The molecule has 8 heteroatoms. The Morgan fingerprint density at radius 3 is 1.23 bits per heavy atom. The Labute approximate surface area is 593 Å². The van der Waals surface area contributed by atoms with Gasteiger partial charge in [0.15, 0.2) is 11.5 Å². The first-order valence-electron chi connectivity index (χ1n) is 35.6. The summed E-state index contributed by atoms with van der Waals surface area (Å²) in [6.45, 7) is 13.7. The molecule has 22 rings (SSSR count). The average molecular weight is 1330 g/mol. The number of para-hydroxylation sites is 6. The Kier molecular flexibility index (Phi) is 11.7. The maximum atomic E-state index is 7.79. The first kappa shape index (κ1) is 58.1. The molecule has 0 N–H and O–H groups in total. The van der Waals surface area contributed by atoms with Gasteiger partial charge in [0, 0.05) is 78.3 Å². The van der Waals surface area contributed by atoms with Crippen LogP contribution in [0.5, 0.6) is 11.5 Å². The Morgan fingerprint density at radius 2 is 0.718 bits per heavy atom. The van der Waals surface area contributed by atoms with E-state index >= 15 is 0 Å². The van der Waals surface area contributed by atoms with Gasteiger partial charge in [0.05, 0.1) is 44.6 Å². The smallest absolute Gasteiger partial charge is 0.151 e. The minimum Gasteiger partial charge on any atom is -0.456 e. The molecule has 0 radical (unpaired) electrons. The third kappa shape index (κ3) is 8.11. The predicted molar refractivity (Wildman–Crippen MR) is 423 cm³/mol. The molecule has 19 aromatic rings. The van der Waals surface area contributed by atoms with E-state index in [0.29, 0.717) is 0 Å². The molecule has 0 bridgehead atoms. The average Bonchev–Trinajstić information content (AvgIpc) is 1.39. The van der Waals surface area contributed by atoms with Gasteiger partial charge < -0.3 is 37.1 Å². The molecule has 0 saturated heterocycles. The van der Waals surface area contributed by atoms with Crippen LogP contribution in [0.25, 0.3) is 120 Å². The zero-order valence-electron chi connectivity index (χ0n) is 57.5. The Morgan fingerprint density at radius 1 is 0.301 bits per heavy atom. The van der Waals surface area contributed by atoms with Crippen LogP contribution in [0, 0.1) is 0 Å². The molecule has 1 spiro atoms. The van der Waals surface area contributed by atoms with Gasteiger partial charge in [-0.1, -0.05) is 193 Å². The summed E-state index contributed by atoms with van der Waals surface area (Å²) in [6, 6.07) is 104. The van der Waals surface area contributed by atoms with E-state index in [1.54, 1.807) is 0 Å². The number of fused-ring (bicyclic) bond motifs is 27. The van der Waals surface area contributed by atoms with Crippen molar-refractivity contribution < 1.29 is 22.4 Å². The predicted octanol–water partition coefficient (Wildman–Crippen LogP) is 27.4. The molecule has 2 aliphatic heterocycles. The van der Waals surface area contributed by atoms with Crippen LogP contribution in [0.1, 0.15) is 74.9 Å². The fraction of sp³-hybridized carbons (Fsp3) is 0.0947. The van der Waals surface area contributed by atoms with Crippen LogP contribution in [0.3, 0.4) is 0 Å². The zero-order chi connectivity index (χ0) is 68.5. The van der Waals surface area contributed by atoms with Crippen LogP contribution in [0.2, 0.25) is 0 Å². The highest BCUT2D eigenvalue weighted by molar-refractivity contribution is 6.26. The number of nitrogens with zero attached hydrogens (tertiary/aromatic N) is 3. The topological polar surface area (TPSA) is 71.5 Å². The monoisotopic (exact) mass is 1330 g/mol. The number of rotatable bonds is 6. The second kappa shape index (κ2) is 20.7. The highest BCUT2D eigenvalue weighted by atomic mass is 16.5. The zero-order valence-corrected chi connectivity index (χ0v) is 57.5. The van der Waals surface area contributed by atoms with Crippen molar-refractivity contribution in [2.24, 2.45) is 0 Å². The molecule has 0 amide bonds. The lowest BCUT2D eigenvalue weighted by atomic mass is 9.64. The molecule has 0 fully saturated rings. The molecule has 103 heavy (non-hydrogen) atoms. The van der Waals surface area contributed by atoms with Gasteiger partial charge in [-0.2, -0.15) is 0 Å². The van der Waals surface area contributed by atoms with Crippen molar-refractivity contribution in [3.63, 3.8) is 0 Å². The van der Waals surface area contributed by atoms with Gasteiger partial charge in [-0.25, -0.2) is 0 Å². The van der Waals surface area contributed by atoms with Crippen LogP contribution in [0.4, 0.5) is 51.2 Å². The van der Waals surface area contributed by atoms with Gasteiger partial charge in [0.25, 0.3) is 0 Å². The van der Waals surface area contributed by atoms with Crippen LogP contribution in [-0.2, 0) is 16.2 Å². The fourth-order valence-electron chi connectivity index (χ4n) is 17.7. The minimum atomic E-state index is -1.12. The lowest BCUT2D eigenvalue weighted by Crippen LogP contribution is -2.37. The van der Waals surface area contributed by atoms with E-state index in [4.69, 9.17) is 22.4 Å². The van der Waals surface area contributed by atoms with Crippen LogP contribution in [-0.4, -0.2) is 0 Å². The number of hydrogen-bond acceptors (Lipinski definition) is 8. The first-order chi connectivity index (χ1) is 50.3. The van der Waals surface area contributed by atoms with Crippen molar-refractivity contribution in [1.29, 1.82) is 0 Å². The van der Waals surface area contributed by atoms with E-state index in [-0.39, 0.29) is 10.8 Å². The van der Waals surface area contributed by atoms with Crippen molar-refractivity contribution in [3.8, 4) is 22.6 Å². The van der Waals surface area contributed by atoms with Gasteiger partial charge in [0.2, 0.25) is 0 Å². The molecule has 6 heterocycles. The van der Waals surface area contributed by atoms with Crippen LogP contribution < -0.4 is 19.4 Å². The summed E-state index contributed by atoms with van der Waals surface area (Å²) < 4.78 is 36.8. The molecule has 1 aliphatic carbocycles. The molecular weight excluding hydrogens is 1260 g/mol. The van der Waals surface area contributed by atoms with Gasteiger partial charge in [-0.15, -0.1) is 0 Å². The summed E-state index contributed by atoms with van der Waals surface area (Å²) in [5, 5.41) is 12.7. The Balaban J connectivity index is 0.896. The summed E-state index contributed by atoms with van der Waals surface area (Å²) in [5.74, 6) is 1.55. The van der Waals surface area contributed by atoms with E-state index in [2.05, 4.69) is 341 Å². The molecule has 8 nitrogen and oxygen atoms in total. The van der Waals surface area contributed by atoms with Crippen molar-refractivity contribution in [2.45, 2.75) is 57.8 Å². The molecule has 0 atom stereocenters. The van der Waals surface area contributed by atoms with Gasteiger partial charge >= 0.3 is 0 Å². The summed E-state index contributed by atoms with van der Waals surface area (Å²) in [7, 11) is 0. The van der Waals surface area contributed by atoms with E-state index in [1.807, 2.05) is 0 Å². The third-order valence-corrected chi connectivity index (χ3v) is 22.4. The van der Waals surface area contributed by atoms with Crippen LogP contribution in [0.15, 0.2) is 303 Å². The highest BCUT2D eigenvalue weighted by Crippen LogP contribution is 2.71. The van der Waals surface area contributed by atoms with Gasteiger partial charge in [0.1, 0.15) is 44.7 Å². The number of ether oxygens (including phenoxy) is 1. The lowest BCUT2D eigenvalue weighted by molar-refractivity contribution is 0.473. The van der Waals surface area contributed by atoms with Gasteiger partial charge in [-0.3, -0.25) is 0 Å². The number of benzene rings is 15. The quantitative estimate of drug-likeness (QED) is 0.163. The standard InChI is InChI=1S/C95H65N3O5/c1-93(2,3)58-34-38-60(39-35-58)96(62-42-44-64-68-46-54-20-7-9-22-56(54)48-82(68)100-84(64)50-62)76-52-72-88(91-86(76)66-24-11-16-30-78(66)102-91)89-73(95(72)70-26-13-14-28-74(70)98-75-29-15-18-32-80(75)99-81-33-19-27-71(95)90(81)98)53-77(87-67-25-12-17-31-79(67)103-92(87)89)97(61-40-36-59(37-41-61)94(4,5)6)63-43-45-65-69-47-55-21-8-10-23-57(55)49-83(69)101-85(65)51-63/h7-53H,1-6H3. The van der Waals surface area contributed by atoms with E-state index < -0.39 is 5.41 Å². The fourth-order valence-corrected chi connectivity index (χ4v) is 17.7. The maximum absolute atomic E-state index is 7.79. The lowest BCUT2D eigenvalue weighted by Gasteiger charge is -2.47. The Hall–Kier alpha value is -12.8. The third-order valence-electron chi connectivity index (χ3n) is 22.4. The van der Waals surface area contributed by atoms with E-state index in [0.717, 1.165) is 195 Å². The highest BCUT2D eigenvalue weighted by Gasteiger charge is 2.56. The molecule has 0 unspecified atom stereocenters. The summed E-state index contributed by atoms with van der Waals surface area (Å²) in [6.07, 6.45) is 0. The molecule has 0 saturated carbocycles. The molecular formula is C95H65N3O5. The number of hydrogen-bond donors (Lipinski definition) is 0. The van der Waals surface area contributed by atoms with Crippen LogP contribution >= 0.6 is 0 Å². The van der Waals surface area contributed by atoms with Gasteiger partial charge in [-0.05, 0) is 187 Å².